The van der Waals surface area contributed by atoms with E-state index in [1.165, 1.54) is 24.3 Å². The zero-order valence-corrected chi connectivity index (χ0v) is 10.9. The number of carbonyl (C=O) groups is 1. The molecule has 5 N–H and O–H groups in total. The summed E-state index contributed by atoms with van der Waals surface area (Å²) < 4.78 is 10.5. The zero-order valence-electron chi connectivity index (χ0n) is 10.9. The van der Waals surface area contributed by atoms with Gasteiger partial charge < -0.3 is 35.0 Å². The van der Waals surface area contributed by atoms with Gasteiger partial charge in [0.05, 0.1) is 12.2 Å². The van der Waals surface area contributed by atoms with Crippen LogP contribution in [-0.2, 0) is 4.74 Å². The fourth-order valence-corrected chi connectivity index (χ4v) is 1.97. The van der Waals surface area contributed by atoms with E-state index < -0.39 is 43.3 Å². The molecule has 8 nitrogen and oxygen atoms in total. The minimum Gasteiger partial charge on any atom is -0.478 e. The molecule has 1 heterocycles. The Kier molecular flexibility index (Phi) is 4.76. The second-order valence-electron chi connectivity index (χ2n) is 4.64. The van der Waals surface area contributed by atoms with E-state index in [0.717, 1.165) is 0 Å². The van der Waals surface area contributed by atoms with Gasteiger partial charge in [-0.1, -0.05) is 0 Å². The molecule has 0 aromatic heterocycles. The summed E-state index contributed by atoms with van der Waals surface area (Å²) in [5, 5.41) is 46.9. The molecule has 5 atom stereocenters. The van der Waals surface area contributed by atoms with Crippen molar-refractivity contribution < 1.29 is 39.8 Å². The van der Waals surface area contributed by atoms with E-state index in [4.69, 9.17) is 19.7 Å². The van der Waals surface area contributed by atoms with Crippen LogP contribution >= 0.6 is 0 Å². The zero-order chi connectivity index (χ0) is 15.6. The van der Waals surface area contributed by atoms with Crippen molar-refractivity contribution in [1.82, 2.24) is 0 Å². The van der Waals surface area contributed by atoms with Crippen LogP contribution < -0.4 is 4.74 Å². The second kappa shape index (κ2) is 6.37. The Hall–Kier alpha value is -1.71. The lowest BCUT2D eigenvalue weighted by molar-refractivity contribution is -0.277. The standard InChI is InChI=1S/C13H16O8/c14-5-8-9(15)10(16)11(17)13(21-8)20-7-3-1-6(2-4-7)12(18)19/h1-4,8-11,13-17H,5H2,(H,18,19)/t8-,9+,10+,11+,13+/m0/s1. The van der Waals surface area contributed by atoms with Crippen LogP contribution in [0.4, 0.5) is 0 Å². The molecule has 8 heteroatoms. The topological polar surface area (TPSA) is 137 Å². The van der Waals surface area contributed by atoms with Crippen molar-refractivity contribution in [3.05, 3.63) is 29.8 Å². The molecule has 2 rings (SSSR count). The molecule has 0 aliphatic carbocycles. The number of aliphatic hydroxyl groups is 4. The highest BCUT2D eigenvalue weighted by molar-refractivity contribution is 5.87. The summed E-state index contributed by atoms with van der Waals surface area (Å²) in [6.07, 6.45) is -6.86. The Morgan fingerprint density at radius 2 is 1.71 bits per heavy atom. The van der Waals surface area contributed by atoms with Crippen LogP contribution in [0.3, 0.4) is 0 Å². The third kappa shape index (κ3) is 3.31. The third-order valence-corrected chi connectivity index (χ3v) is 3.20. The van der Waals surface area contributed by atoms with Crippen LogP contribution in [0, 0.1) is 0 Å². The van der Waals surface area contributed by atoms with Gasteiger partial charge in [-0.2, -0.15) is 0 Å². The third-order valence-electron chi connectivity index (χ3n) is 3.20. The summed E-state index contributed by atoms with van der Waals surface area (Å²) >= 11 is 0. The van der Waals surface area contributed by atoms with Crippen molar-refractivity contribution in [1.29, 1.82) is 0 Å². The number of hydrogen-bond donors (Lipinski definition) is 5. The van der Waals surface area contributed by atoms with E-state index in [9.17, 15) is 20.1 Å². The van der Waals surface area contributed by atoms with Crippen LogP contribution in [0.15, 0.2) is 24.3 Å². The predicted octanol–water partition coefficient (Wildman–Crippen LogP) is -1.44. The quantitative estimate of drug-likeness (QED) is 0.456. The molecule has 1 aliphatic rings. The summed E-state index contributed by atoms with van der Waals surface area (Å²) in [6.45, 7) is -0.553. The lowest BCUT2D eigenvalue weighted by Gasteiger charge is -2.39. The van der Waals surface area contributed by atoms with Gasteiger partial charge in [0, 0.05) is 0 Å². The van der Waals surface area contributed by atoms with Crippen LogP contribution in [0.1, 0.15) is 10.4 Å². The largest absolute Gasteiger partial charge is 0.478 e. The van der Waals surface area contributed by atoms with Crippen molar-refractivity contribution in [3.63, 3.8) is 0 Å². The Morgan fingerprint density at radius 3 is 2.24 bits per heavy atom. The van der Waals surface area contributed by atoms with Gasteiger partial charge >= 0.3 is 5.97 Å². The highest BCUT2D eigenvalue weighted by Crippen LogP contribution is 2.24. The molecular formula is C13H16O8. The Morgan fingerprint density at radius 1 is 1.10 bits per heavy atom. The first-order valence-corrected chi connectivity index (χ1v) is 6.24. The number of carboxylic acid groups (broad SMARTS) is 1. The molecule has 0 radical (unpaired) electrons. The number of rotatable bonds is 4. The highest BCUT2D eigenvalue weighted by Gasteiger charge is 2.44. The maximum Gasteiger partial charge on any atom is 0.335 e. The van der Waals surface area contributed by atoms with Crippen molar-refractivity contribution in [2.45, 2.75) is 30.7 Å². The molecule has 1 aliphatic heterocycles. The summed E-state index contributed by atoms with van der Waals surface area (Å²) in [5.74, 6) is -0.876. The number of aliphatic hydroxyl groups excluding tert-OH is 4. The van der Waals surface area contributed by atoms with Gasteiger partial charge in [-0.05, 0) is 24.3 Å². The smallest absolute Gasteiger partial charge is 0.335 e. The molecule has 1 aromatic rings. The number of ether oxygens (including phenoxy) is 2. The average Bonchev–Trinajstić information content (AvgIpc) is 2.48. The van der Waals surface area contributed by atoms with E-state index in [1.807, 2.05) is 0 Å². The van der Waals surface area contributed by atoms with Crippen molar-refractivity contribution in [2.24, 2.45) is 0 Å². The minimum absolute atomic E-state index is 0.0659. The first-order valence-electron chi connectivity index (χ1n) is 6.24. The normalized spacial score (nSPS) is 32.7. The number of carboxylic acids is 1. The Bertz CT molecular complexity index is 485. The van der Waals surface area contributed by atoms with Crippen molar-refractivity contribution >= 4 is 5.97 Å². The molecule has 116 valence electrons. The number of aromatic carboxylic acids is 1. The maximum absolute atomic E-state index is 10.7. The van der Waals surface area contributed by atoms with Crippen LogP contribution in [0.2, 0.25) is 0 Å². The molecule has 0 bridgehead atoms. The van der Waals surface area contributed by atoms with Crippen LogP contribution in [-0.4, -0.2) is 68.8 Å². The van der Waals surface area contributed by atoms with Crippen molar-refractivity contribution in [3.8, 4) is 5.75 Å². The van der Waals surface area contributed by atoms with Gasteiger partial charge in [0.2, 0.25) is 6.29 Å². The molecular weight excluding hydrogens is 284 g/mol. The summed E-state index contributed by atoms with van der Waals surface area (Å²) in [7, 11) is 0. The fraction of sp³-hybridized carbons (Fsp3) is 0.462. The van der Waals surface area contributed by atoms with E-state index in [0.29, 0.717) is 0 Å². The van der Waals surface area contributed by atoms with Gasteiger partial charge in [-0.15, -0.1) is 0 Å². The van der Waals surface area contributed by atoms with E-state index >= 15 is 0 Å². The lowest BCUT2D eigenvalue weighted by atomic mass is 9.99. The lowest BCUT2D eigenvalue weighted by Crippen LogP contribution is -2.60. The molecule has 0 spiro atoms. The van der Waals surface area contributed by atoms with E-state index in [-0.39, 0.29) is 11.3 Å². The maximum atomic E-state index is 10.7. The van der Waals surface area contributed by atoms with Crippen LogP contribution in [0.5, 0.6) is 5.75 Å². The number of hydrogen-bond acceptors (Lipinski definition) is 7. The molecule has 0 saturated carbocycles. The Labute approximate surface area is 119 Å². The van der Waals surface area contributed by atoms with Gasteiger partial charge in [0.15, 0.2) is 0 Å². The first-order chi connectivity index (χ1) is 9.93. The minimum atomic E-state index is -1.53. The average molecular weight is 300 g/mol. The molecule has 1 saturated heterocycles. The molecule has 21 heavy (non-hydrogen) atoms. The predicted molar refractivity (Wildman–Crippen MR) is 67.8 cm³/mol. The van der Waals surface area contributed by atoms with Gasteiger partial charge in [-0.3, -0.25) is 0 Å². The Balaban J connectivity index is 2.08. The van der Waals surface area contributed by atoms with Crippen molar-refractivity contribution in [2.75, 3.05) is 6.61 Å². The highest BCUT2D eigenvalue weighted by atomic mass is 16.7. The molecule has 1 fully saturated rings. The fourth-order valence-electron chi connectivity index (χ4n) is 1.97. The molecule has 0 amide bonds. The van der Waals surface area contributed by atoms with E-state index in [1.54, 1.807) is 0 Å². The summed E-state index contributed by atoms with van der Waals surface area (Å²) in [6, 6.07) is 5.35. The molecule has 1 aromatic carbocycles. The van der Waals surface area contributed by atoms with Gasteiger partial charge in [-0.25, -0.2) is 4.79 Å². The first kappa shape index (κ1) is 15.7. The van der Waals surface area contributed by atoms with Gasteiger partial charge in [0.25, 0.3) is 0 Å². The summed E-state index contributed by atoms with van der Waals surface area (Å²) in [5.41, 5.74) is 0.0659. The van der Waals surface area contributed by atoms with Crippen LogP contribution in [0.25, 0.3) is 0 Å². The summed E-state index contributed by atoms with van der Waals surface area (Å²) in [4.78, 5) is 10.7. The molecule has 0 unspecified atom stereocenters. The second-order valence-corrected chi connectivity index (χ2v) is 4.64. The SMILES string of the molecule is O=C(O)c1ccc(O[C@@H]2O[C@@H](CO)[C@@H](O)[C@@H](O)[C@H]2O)cc1. The van der Waals surface area contributed by atoms with Gasteiger partial charge in [0.1, 0.15) is 30.2 Å². The van der Waals surface area contributed by atoms with E-state index in [2.05, 4.69) is 0 Å². The number of benzene rings is 1. The monoisotopic (exact) mass is 300 g/mol.